The summed E-state index contributed by atoms with van der Waals surface area (Å²) in [6, 6.07) is 17.1. The number of nitrogens with zero attached hydrogens (tertiary/aromatic N) is 2. The Balaban J connectivity index is 1.67. The third-order valence-electron chi connectivity index (χ3n) is 4.07. The maximum absolute atomic E-state index is 4.54. The standard InChI is InChI=1S/C19H22N2/c1-2-16-5-9-18(10-6-16)20-15-17-7-11-19(12-8-17)21-13-3-4-14-21/h5-12,15H,2-4,13-14H2,1H3. The molecule has 2 aromatic carbocycles. The molecule has 1 fully saturated rings. The summed E-state index contributed by atoms with van der Waals surface area (Å²) in [7, 11) is 0. The summed E-state index contributed by atoms with van der Waals surface area (Å²) in [5, 5.41) is 0. The Morgan fingerprint density at radius 1 is 0.952 bits per heavy atom. The average Bonchev–Trinajstić information content (AvgIpc) is 3.08. The van der Waals surface area contributed by atoms with Crippen LogP contribution in [0.5, 0.6) is 0 Å². The van der Waals surface area contributed by atoms with E-state index in [0.717, 1.165) is 17.7 Å². The summed E-state index contributed by atoms with van der Waals surface area (Å²) < 4.78 is 0. The lowest BCUT2D eigenvalue weighted by atomic mass is 10.1. The number of hydrogen-bond donors (Lipinski definition) is 0. The van der Waals surface area contributed by atoms with Crippen LogP contribution >= 0.6 is 0 Å². The van der Waals surface area contributed by atoms with Gasteiger partial charge in [0.1, 0.15) is 0 Å². The summed E-state index contributed by atoms with van der Waals surface area (Å²) in [6.07, 6.45) is 5.64. The van der Waals surface area contributed by atoms with Gasteiger partial charge in [-0.3, -0.25) is 4.99 Å². The van der Waals surface area contributed by atoms with Crippen molar-refractivity contribution in [2.75, 3.05) is 18.0 Å². The number of rotatable bonds is 4. The van der Waals surface area contributed by atoms with Crippen molar-refractivity contribution in [2.45, 2.75) is 26.2 Å². The fourth-order valence-corrected chi connectivity index (χ4v) is 2.71. The first-order valence-electron chi connectivity index (χ1n) is 7.83. The first kappa shape index (κ1) is 13.9. The summed E-state index contributed by atoms with van der Waals surface area (Å²) in [5.41, 5.74) is 4.84. The lowest BCUT2D eigenvalue weighted by Crippen LogP contribution is -2.17. The van der Waals surface area contributed by atoms with E-state index >= 15 is 0 Å². The van der Waals surface area contributed by atoms with Crippen LogP contribution in [0.3, 0.4) is 0 Å². The van der Waals surface area contributed by atoms with Crippen molar-refractivity contribution in [1.29, 1.82) is 0 Å². The molecule has 0 atom stereocenters. The highest BCUT2D eigenvalue weighted by atomic mass is 15.1. The van der Waals surface area contributed by atoms with Gasteiger partial charge in [0, 0.05) is 25.0 Å². The van der Waals surface area contributed by atoms with Crippen molar-refractivity contribution in [3.05, 3.63) is 59.7 Å². The summed E-state index contributed by atoms with van der Waals surface area (Å²) in [6.45, 7) is 4.55. The highest BCUT2D eigenvalue weighted by Gasteiger charge is 2.11. The van der Waals surface area contributed by atoms with Gasteiger partial charge in [-0.15, -0.1) is 0 Å². The molecule has 0 saturated carbocycles. The molecule has 0 radical (unpaired) electrons. The summed E-state index contributed by atoms with van der Waals surface area (Å²) in [5.74, 6) is 0. The third-order valence-corrected chi connectivity index (χ3v) is 4.07. The maximum Gasteiger partial charge on any atom is 0.0630 e. The SMILES string of the molecule is CCc1ccc(N=Cc2ccc(N3CCCC3)cc2)cc1. The van der Waals surface area contributed by atoms with E-state index in [2.05, 4.69) is 65.3 Å². The van der Waals surface area contributed by atoms with Gasteiger partial charge in [0.2, 0.25) is 0 Å². The minimum absolute atomic E-state index is 1.01. The molecule has 108 valence electrons. The Hall–Kier alpha value is -2.09. The van der Waals surface area contributed by atoms with E-state index < -0.39 is 0 Å². The third kappa shape index (κ3) is 3.52. The molecule has 21 heavy (non-hydrogen) atoms. The minimum atomic E-state index is 1.01. The second-order valence-corrected chi connectivity index (χ2v) is 5.56. The number of aryl methyl sites for hydroxylation is 1. The Morgan fingerprint density at radius 3 is 2.24 bits per heavy atom. The molecule has 3 rings (SSSR count). The fraction of sp³-hybridized carbons (Fsp3) is 0.316. The van der Waals surface area contributed by atoms with Gasteiger partial charge in [0.05, 0.1) is 5.69 Å². The minimum Gasteiger partial charge on any atom is -0.372 e. The van der Waals surface area contributed by atoms with Crippen LogP contribution in [0.2, 0.25) is 0 Å². The smallest absolute Gasteiger partial charge is 0.0630 e. The number of benzene rings is 2. The monoisotopic (exact) mass is 278 g/mol. The van der Waals surface area contributed by atoms with Gasteiger partial charge in [-0.25, -0.2) is 0 Å². The first-order valence-corrected chi connectivity index (χ1v) is 7.83. The largest absolute Gasteiger partial charge is 0.372 e. The van der Waals surface area contributed by atoms with Crippen LogP contribution in [0.15, 0.2) is 53.5 Å². The maximum atomic E-state index is 4.54. The molecular formula is C19H22N2. The normalized spacial score (nSPS) is 15.0. The Labute approximate surface area is 127 Å². The van der Waals surface area contributed by atoms with Crippen molar-refractivity contribution in [2.24, 2.45) is 4.99 Å². The van der Waals surface area contributed by atoms with Gasteiger partial charge in [0.15, 0.2) is 0 Å². The van der Waals surface area contributed by atoms with Crippen LogP contribution in [-0.2, 0) is 6.42 Å². The molecule has 1 heterocycles. The number of aliphatic imine (C=N–C) groups is 1. The Bertz CT molecular complexity index is 590. The van der Waals surface area contributed by atoms with Gasteiger partial charge >= 0.3 is 0 Å². The van der Waals surface area contributed by atoms with E-state index in [1.807, 2.05) is 6.21 Å². The van der Waals surface area contributed by atoms with Gasteiger partial charge in [-0.05, 0) is 54.7 Å². The summed E-state index contributed by atoms with van der Waals surface area (Å²) >= 11 is 0. The Kier molecular flexibility index (Phi) is 4.34. The fourth-order valence-electron chi connectivity index (χ4n) is 2.71. The first-order chi connectivity index (χ1) is 10.3. The molecule has 1 aliphatic heterocycles. The van der Waals surface area contributed by atoms with Crippen molar-refractivity contribution in [1.82, 2.24) is 0 Å². The van der Waals surface area contributed by atoms with E-state index in [0.29, 0.717) is 0 Å². The van der Waals surface area contributed by atoms with Crippen LogP contribution < -0.4 is 4.90 Å². The van der Waals surface area contributed by atoms with Gasteiger partial charge in [0.25, 0.3) is 0 Å². The molecule has 2 nitrogen and oxygen atoms in total. The zero-order valence-corrected chi connectivity index (χ0v) is 12.6. The van der Waals surface area contributed by atoms with Crippen LogP contribution in [0.1, 0.15) is 30.9 Å². The lowest BCUT2D eigenvalue weighted by Gasteiger charge is -2.17. The molecule has 0 bridgehead atoms. The molecule has 0 amide bonds. The summed E-state index contributed by atoms with van der Waals surface area (Å²) in [4.78, 5) is 6.99. The predicted molar refractivity (Wildman–Crippen MR) is 91.0 cm³/mol. The zero-order valence-electron chi connectivity index (χ0n) is 12.6. The van der Waals surface area contributed by atoms with E-state index in [1.54, 1.807) is 0 Å². The van der Waals surface area contributed by atoms with E-state index in [4.69, 9.17) is 0 Å². The molecule has 0 aromatic heterocycles. The molecule has 2 aromatic rings. The highest BCUT2D eigenvalue weighted by molar-refractivity contribution is 5.82. The number of anilines is 1. The van der Waals surface area contributed by atoms with Crippen molar-refractivity contribution in [3.8, 4) is 0 Å². The highest BCUT2D eigenvalue weighted by Crippen LogP contribution is 2.20. The molecule has 0 N–H and O–H groups in total. The molecule has 0 unspecified atom stereocenters. The van der Waals surface area contributed by atoms with Crippen LogP contribution in [0.4, 0.5) is 11.4 Å². The predicted octanol–water partition coefficient (Wildman–Crippen LogP) is 4.60. The average molecular weight is 278 g/mol. The molecule has 1 saturated heterocycles. The second kappa shape index (κ2) is 6.57. The molecule has 0 spiro atoms. The van der Waals surface area contributed by atoms with Gasteiger partial charge < -0.3 is 4.90 Å². The molecule has 1 aliphatic rings. The van der Waals surface area contributed by atoms with E-state index in [1.165, 1.54) is 37.2 Å². The second-order valence-electron chi connectivity index (χ2n) is 5.56. The quantitative estimate of drug-likeness (QED) is 0.746. The van der Waals surface area contributed by atoms with Crippen molar-refractivity contribution in [3.63, 3.8) is 0 Å². The topological polar surface area (TPSA) is 15.6 Å². The Morgan fingerprint density at radius 2 is 1.62 bits per heavy atom. The molecular weight excluding hydrogens is 256 g/mol. The van der Waals surface area contributed by atoms with E-state index in [9.17, 15) is 0 Å². The lowest BCUT2D eigenvalue weighted by molar-refractivity contribution is 0.949. The van der Waals surface area contributed by atoms with Crippen LogP contribution in [0, 0.1) is 0 Å². The zero-order chi connectivity index (χ0) is 14.5. The number of hydrogen-bond acceptors (Lipinski definition) is 2. The van der Waals surface area contributed by atoms with Crippen molar-refractivity contribution < 1.29 is 0 Å². The van der Waals surface area contributed by atoms with Crippen LogP contribution in [-0.4, -0.2) is 19.3 Å². The molecule has 2 heteroatoms. The van der Waals surface area contributed by atoms with Gasteiger partial charge in [-0.1, -0.05) is 31.2 Å². The van der Waals surface area contributed by atoms with E-state index in [-0.39, 0.29) is 0 Å². The molecule has 0 aliphatic carbocycles. The van der Waals surface area contributed by atoms with Gasteiger partial charge in [-0.2, -0.15) is 0 Å². The van der Waals surface area contributed by atoms with Crippen LogP contribution in [0.25, 0.3) is 0 Å². The van der Waals surface area contributed by atoms with Crippen molar-refractivity contribution >= 4 is 17.6 Å².